The summed E-state index contributed by atoms with van der Waals surface area (Å²) >= 11 is 5.75. The van der Waals surface area contributed by atoms with E-state index in [1.165, 1.54) is 18.2 Å². The summed E-state index contributed by atoms with van der Waals surface area (Å²) in [6, 6.07) is 3.74. The van der Waals surface area contributed by atoms with Crippen LogP contribution in [0.3, 0.4) is 0 Å². The van der Waals surface area contributed by atoms with Crippen LogP contribution in [0.2, 0.25) is 5.02 Å². The Bertz CT molecular complexity index is 430. The highest BCUT2D eigenvalue weighted by Crippen LogP contribution is 2.36. The molecule has 1 rings (SSSR count). The van der Waals surface area contributed by atoms with Crippen LogP contribution in [-0.2, 0) is 0 Å². The van der Waals surface area contributed by atoms with Gasteiger partial charge in [0.05, 0.1) is 5.02 Å². The van der Waals surface area contributed by atoms with E-state index >= 15 is 0 Å². The molecule has 0 amide bonds. The minimum atomic E-state index is -4.75. The van der Waals surface area contributed by atoms with Crippen LogP contribution in [0, 0.1) is 5.41 Å². The molecule has 0 spiro atoms. The van der Waals surface area contributed by atoms with E-state index in [4.69, 9.17) is 17.3 Å². The second kappa shape index (κ2) is 6.20. The summed E-state index contributed by atoms with van der Waals surface area (Å²) < 4.78 is 40.0. The summed E-state index contributed by atoms with van der Waals surface area (Å²) in [5.74, 6) is -0.422. The Morgan fingerprint density at radius 2 is 1.74 bits per heavy atom. The zero-order chi connectivity index (χ0) is 14.1. The van der Waals surface area contributed by atoms with Gasteiger partial charge >= 0.3 is 6.36 Å². The van der Waals surface area contributed by atoms with E-state index in [0.29, 0.717) is 5.56 Å². The summed E-state index contributed by atoms with van der Waals surface area (Å²) in [5, 5.41) is -0.107. The van der Waals surface area contributed by atoms with Gasteiger partial charge in [-0.1, -0.05) is 38.4 Å². The summed E-state index contributed by atoms with van der Waals surface area (Å²) in [5.41, 5.74) is 6.45. The molecule has 0 bridgehead atoms. The third-order valence-electron chi connectivity index (χ3n) is 2.47. The molecule has 0 aliphatic rings. The van der Waals surface area contributed by atoms with Crippen LogP contribution in [-0.4, -0.2) is 6.36 Å². The third kappa shape index (κ3) is 5.47. The Balaban J connectivity index is 0.00000324. The Morgan fingerprint density at radius 3 is 2.11 bits per heavy atom. The molecule has 7 heteroatoms. The van der Waals surface area contributed by atoms with Crippen LogP contribution in [0.15, 0.2) is 18.2 Å². The lowest BCUT2D eigenvalue weighted by molar-refractivity contribution is -0.274. The molecule has 0 radical (unpaired) electrons. The molecule has 1 aromatic carbocycles. The monoisotopic (exact) mass is 317 g/mol. The minimum Gasteiger partial charge on any atom is -0.404 e. The van der Waals surface area contributed by atoms with Crippen LogP contribution >= 0.6 is 24.0 Å². The normalized spacial score (nSPS) is 13.7. The smallest absolute Gasteiger partial charge is 0.404 e. The Morgan fingerprint density at radius 1 is 1.21 bits per heavy atom. The van der Waals surface area contributed by atoms with Gasteiger partial charge in [-0.2, -0.15) is 0 Å². The van der Waals surface area contributed by atoms with Gasteiger partial charge in [-0.3, -0.25) is 0 Å². The van der Waals surface area contributed by atoms with Crippen molar-refractivity contribution in [2.24, 2.45) is 11.1 Å². The number of hydrogen-bond donors (Lipinski definition) is 1. The van der Waals surface area contributed by atoms with Crippen molar-refractivity contribution in [2.45, 2.75) is 33.2 Å². The van der Waals surface area contributed by atoms with Gasteiger partial charge in [0.1, 0.15) is 5.75 Å². The van der Waals surface area contributed by atoms with E-state index in [9.17, 15) is 13.2 Å². The zero-order valence-electron chi connectivity index (χ0n) is 10.7. The molecule has 19 heavy (non-hydrogen) atoms. The van der Waals surface area contributed by atoms with E-state index in [0.717, 1.165) is 0 Å². The molecular weight excluding hydrogens is 302 g/mol. The standard InChI is InChI=1S/C12H15ClF3NO.ClH/c1-11(2,3)10(17)7-4-5-9(8(13)6-7)18-12(14,15)16;/h4-6,10H,17H2,1-3H3;1H/t10-;/m0./s1. The van der Waals surface area contributed by atoms with E-state index in [1.54, 1.807) is 0 Å². The molecule has 2 nitrogen and oxygen atoms in total. The summed E-state index contributed by atoms with van der Waals surface area (Å²) in [6.07, 6.45) is -4.75. The molecule has 0 unspecified atom stereocenters. The quantitative estimate of drug-likeness (QED) is 0.857. The molecule has 0 aliphatic carbocycles. The van der Waals surface area contributed by atoms with E-state index in [1.807, 2.05) is 20.8 Å². The maximum absolute atomic E-state index is 12.1. The van der Waals surface area contributed by atoms with E-state index in [-0.39, 0.29) is 28.9 Å². The first-order chi connectivity index (χ1) is 8.00. The van der Waals surface area contributed by atoms with Gasteiger partial charge in [-0.25, -0.2) is 0 Å². The number of ether oxygens (including phenoxy) is 1. The molecule has 1 aromatic rings. The molecular formula is C12H16Cl2F3NO. The second-order valence-electron chi connectivity index (χ2n) is 5.08. The molecule has 0 aliphatic heterocycles. The molecule has 0 aromatic heterocycles. The average molecular weight is 318 g/mol. The van der Waals surface area contributed by atoms with Gasteiger partial charge < -0.3 is 10.5 Å². The molecule has 0 fully saturated rings. The molecule has 2 N–H and O–H groups in total. The first kappa shape index (κ1) is 18.4. The van der Waals surface area contributed by atoms with E-state index in [2.05, 4.69) is 4.74 Å². The number of rotatable bonds is 2. The van der Waals surface area contributed by atoms with Gasteiger partial charge in [0.15, 0.2) is 0 Å². The Kier molecular flexibility index (Phi) is 5.99. The zero-order valence-corrected chi connectivity index (χ0v) is 12.3. The van der Waals surface area contributed by atoms with E-state index < -0.39 is 12.1 Å². The SMILES string of the molecule is CC(C)(C)[C@@H](N)c1ccc(OC(F)(F)F)c(Cl)c1.Cl. The van der Waals surface area contributed by atoms with Crippen LogP contribution in [0.4, 0.5) is 13.2 Å². The average Bonchev–Trinajstić information content (AvgIpc) is 2.16. The highest BCUT2D eigenvalue weighted by molar-refractivity contribution is 6.32. The highest BCUT2D eigenvalue weighted by Gasteiger charge is 2.32. The number of alkyl halides is 3. The van der Waals surface area contributed by atoms with Crippen LogP contribution in [0.25, 0.3) is 0 Å². The van der Waals surface area contributed by atoms with Gasteiger partial charge in [-0.05, 0) is 23.1 Å². The Labute approximate surface area is 121 Å². The predicted molar refractivity (Wildman–Crippen MR) is 71.8 cm³/mol. The van der Waals surface area contributed by atoms with Crippen molar-refractivity contribution < 1.29 is 17.9 Å². The molecule has 0 heterocycles. The third-order valence-corrected chi connectivity index (χ3v) is 2.77. The summed E-state index contributed by atoms with van der Waals surface area (Å²) in [6.45, 7) is 5.81. The topological polar surface area (TPSA) is 35.2 Å². The summed E-state index contributed by atoms with van der Waals surface area (Å²) in [4.78, 5) is 0. The maximum atomic E-state index is 12.1. The Hall–Kier alpha value is -0.650. The minimum absolute atomic E-state index is 0. The fourth-order valence-electron chi connectivity index (χ4n) is 1.42. The van der Waals surface area contributed by atoms with Crippen molar-refractivity contribution in [1.82, 2.24) is 0 Å². The lowest BCUT2D eigenvalue weighted by atomic mass is 9.83. The fraction of sp³-hybridized carbons (Fsp3) is 0.500. The van der Waals surface area contributed by atoms with Crippen LogP contribution in [0.1, 0.15) is 32.4 Å². The van der Waals surface area contributed by atoms with Crippen molar-refractivity contribution in [1.29, 1.82) is 0 Å². The first-order valence-corrected chi connectivity index (χ1v) is 5.69. The summed E-state index contributed by atoms with van der Waals surface area (Å²) in [7, 11) is 0. The number of halogens is 5. The van der Waals surface area contributed by atoms with Crippen molar-refractivity contribution >= 4 is 24.0 Å². The largest absolute Gasteiger partial charge is 0.573 e. The number of hydrogen-bond acceptors (Lipinski definition) is 2. The maximum Gasteiger partial charge on any atom is 0.573 e. The van der Waals surface area contributed by atoms with Crippen molar-refractivity contribution in [3.05, 3.63) is 28.8 Å². The lowest BCUT2D eigenvalue weighted by Crippen LogP contribution is -2.26. The van der Waals surface area contributed by atoms with Crippen molar-refractivity contribution in [2.75, 3.05) is 0 Å². The van der Waals surface area contributed by atoms with Crippen molar-refractivity contribution in [3.8, 4) is 5.75 Å². The molecule has 110 valence electrons. The fourth-order valence-corrected chi connectivity index (χ4v) is 1.65. The predicted octanol–water partition coefficient (Wildman–Crippen LogP) is 4.71. The van der Waals surface area contributed by atoms with Crippen molar-refractivity contribution in [3.63, 3.8) is 0 Å². The molecule has 0 saturated carbocycles. The lowest BCUT2D eigenvalue weighted by Gasteiger charge is -2.27. The van der Waals surface area contributed by atoms with Crippen LogP contribution in [0.5, 0.6) is 5.75 Å². The van der Waals surface area contributed by atoms with Gasteiger partial charge in [0.25, 0.3) is 0 Å². The number of nitrogens with two attached hydrogens (primary N) is 1. The van der Waals surface area contributed by atoms with Gasteiger partial charge in [-0.15, -0.1) is 25.6 Å². The first-order valence-electron chi connectivity index (χ1n) is 5.31. The second-order valence-corrected chi connectivity index (χ2v) is 5.49. The van der Waals surface area contributed by atoms with Gasteiger partial charge in [0, 0.05) is 6.04 Å². The molecule has 0 saturated heterocycles. The van der Waals surface area contributed by atoms with Gasteiger partial charge in [0.2, 0.25) is 0 Å². The molecule has 1 atom stereocenters. The highest BCUT2D eigenvalue weighted by atomic mass is 35.5. The number of benzene rings is 1. The van der Waals surface area contributed by atoms with Crippen LogP contribution < -0.4 is 10.5 Å².